The van der Waals surface area contributed by atoms with Crippen LogP contribution in [0.3, 0.4) is 0 Å². The Hall–Kier alpha value is -3.82. The van der Waals surface area contributed by atoms with E-state index >= 15 is 0 Å². The molecule has 2 heterocycles. The summed E-state index contributed by atoms with van der Waals surface area (Å²) in [5.74, 6) is 6.53. The van der Waals surface area contributed by atoms with Crippen LogP contribution in [0.25, 0.3) is 22.2 Å². The number of fused-ring (bicyclic) bond motifs is 1. The van der Waals surface area contributed by atoms with E-state index < -0.39 is 0 Å². The van der Waals surface area contributed by atoms with Crippen molar-refractivity contribution in [2.45, 2.75) is 6.92 Å². The van der Waals surface area contributed by atoms with Gasteiger partial charge in [0.1, 0.15) is 29.4 Å². The number of aryl methyl sites for hydroxylation is 1. The minimum Gasteiger partial charge on any atom is -0.481 e. The second kappa shape index (κ2) is 9.33. The van der Waals surface area contributed by atoms with E-state index in [1.165, 1.54) is 0 Å². The number of hydrogen-bond donors (Lipinski definition) is 1. The molecule has 6 nitrogen and oxygen atoms in total. The van der Waals surface area contributed by atoms with Crippen molar-refractivity contribution in [3.8, 4) is 28.8 Å². The fourth-order valence-corrected chi connectivity index (χ4v) is 3.28. The summed E-state index contributed by atoms with van der Waals surface area (Å²) < 4.78 is 10.9. The van der Waals surface area contributed by atoms with Gasteiger partial charge in [0.2, 0.25) is 0 Å². The number of carbonyl (C=O) groups is 1. The highest BCUT2D eigenvalue weighted by Gasteiger charge is 2.22. The third-order valence-corrected chi connectivity index (χ3v) is 4.90. The minimum atomic E-state index is -0.329. The number of amides is 1. The molecule has 0 saturated carbocycles. The molecule has 0 aliphatic heterocycles. The lowest BCUT2D eigenvalue weighted by atomic mass is 10.1. The summed E-state index contributed by atoms with van der Waals surface area (Å²) in [6, 6.07) is 16.7. The van der Waals surface area contributed by atoms with Gasteiger partial charge < -0.3 is 14.6 Å². The second-order valence-corrected chi connectivity index (χ2v) is 7.03. The van der Waals surface area contributed by atoms with Crippen LogP contribution in [0.1, 0.15) is 16.1 Å². The smallest absolute Gasteiger partial charge is 0.257 e. The number of benzene rings is 2. The van der Waals surface area contributed by atoms with E-state index in [0.717, 1.165) is 10.9 Å². The Morgan fingerprint density at radius 1 is 1.16 bits per heavy atom. The number of hydrogen-bond acceptors (Lipinski definition) is 5. The maximum absolute atomic E-state index is 12.7. The summed E-state index contributed by atoms with van der Waals surface area (Å²) in [6.07, 6.45) is 1.74. The Bertz CT molecular complexity index is 1300. The molecule has 4 rings (SSSR count). The summed E-state index contributed by atoms with van der Waals surface area (Å²) in [5.41, 5.74) is 2.24. The number of rotatable bonds is 5. The number of nitrogens with zero attached hydrogens (tertiary/aromatic N) is 2. The summed E-state index contributed by atoms with van der Waals surface area (Å²) in [6.45, 7) is 2.04. The lowest BCUT2D eigenvalue weighted by Crippen LogP contribution is -2.24. The zero-order valence-electron chi connectivity index (χ0n) is 16.7. The minimum absolute atomic E-state index is 0.161. The average Bonchev–Trinajstić information content (AvgIpc) is 3.17. The van der Waals surface area contributed by atoms with Crippen molar-refractivity contribution in [1.29, 1.82) is 0 Å². The van der Waals surface area contributed by atoms with Crippen molar-refractivity contribution >= 4 is 28.4 Å². The number of carbonyl (C=O) groups excluding carboxylic acids is 1. The predicted molar refractivity (Wildman–Crippen MR) is 119 cm³/mol. The maximum atomic E-state index is 12.7. The average molecular weight is 432 g/mol. The molecular weight excluding hydrogens is 414 g/mol. The van der Waals surface area contributed by atoms with Gasteiger partial charge in [0, 0.05) is 23.2 Å². The number of halogens is 1. The van der Waals surface area contributed by atoms with Crippen LogP contribution < -0.4 is 10.1 Å². The monoisotopic (exact) mass is 431 g/mol. The third-order valence-electron chi connectivity index (χ3n) is 4.57. The quantitative estimate of drug-likeness (QED) is 0.465. The number of pyridine rings is 1. The molecule has 7 heteroatoms. The molecule has 154 valence electrons. The number of nitrogens with one attached hydrogen (secondary N) is 1. The van der Waals surface area contributed by atoms with Crippen LogP contribution in [0.4, 0.5) is 0 Å². The molecule has 0 aliphatic carbocycles. The molecule has 1 N–H and O–H groups in total. The zero-order chi connectivity index (χ0) is 21.6. The van der Waals surface area contributed by atoms with Crippen LogP contribution in [0.15, 0.2) is 65.3 Å². The molecule has 31 heavy (non-hydrogen) atoms. The highest BCUT2D eigenvalue weighted by molar-refractivity contribution is 6.33. The van der Waals surface area contributed by atoms with Crippen molar-refractivity contribution in [2.75, 3.05) is 13.2 Å². The van der Waals surface area contributed by atoms with Gasteiger partial charge >= 0.3 is 0 Å². The van der Waals surface area contributed by atoms with Crippen LogP contribution in [0, 0.1) is 18.8 Å². The Labute approximate surface area is 184 Å². The lowest BCUT2D eigenvalue weighted by Gasteiger charge is -2.04. The Balaban J connectivity index is 1.35. The molecule has 0 aliphatic rings. The standard InChI is InChI=1S/C24H18ClN3O3/c1-16-22(23(28-31-16)19-8-2-3-9-20(19)25)24(29)27-12-4-5-14-30-18-11-10-17-7-6-13-26-21(17)15-18/h2-3,6-11,13,15H,12,14H2,1H3,(H,27,29). The molecule has 0 radical (unpaired) electrons. The van der Waals surface area contributed by atoms with Crippen LogP contribution in [-0.4, -0.2) is 29.2 Å². The van der Waals surface area contributed by atoms with Gasteiger partial charge in [0.25, 0.3) is 5.91 Å². The second-order valence-electron chi connectivity index (χ2n) is 6.63. The van der Waals surface area contributed by atoms with Crippen LogP contribution in [0.2, 0.25) is 5.02 Å². The first-order valence-corrected chi connectivity index (χ1v) is 9.94. The molecule has 0 atom stereocenters. The summed E-state index contributed by atoms with van der Waals surface area (Å²) in [5, 5.41) is 8.29. The van der Waals surface area contributed by atoms with E-state index in [-0.39, 0.29) is 19.1 Å². The molecule has 2 aromatic carbocycles. The van der Waals surface area contributed by atoms with Crippen LogP contribution in [-0.2, 0) is 0 Å². The fraction of sp³-hybridized carbons (Fsp3) is 0.125. The molecule has 0 fully saturated rings. The zero-order valence-corrected chi connectivity index (χ0v) is 17.4. The third kappa shape index (κ3) is 4.68. The van der Waals surface area contributed by atoms with Crippen LogP contribution in [0.5, 0.6) is 5.75 Å². The molecular formula is C24H18ClN3O3. The molecule has 0 saturated heterocycles. The van der Waals surface area contributed by atoms with Gasteiger partial charge in [-0.1, -0.05) is 52.9 Å². The molecule has 1 amide bonds. The maximum Gasteiger partial charge on any atom is 0.257 e. The van der Waals surface area contributed by atoms with E-state index in [1.807, 2.05) is 42.5 Å². The number of aromatic nitrogens is 2. The van der Waals surface area contributed by atoms with Gasteiger partial charge in [-0.3, -0.25) is 9.78 Å². The highest BCUT2D eigenvalue weighted by Crippen LogP contribution is 2.30. The first-order valence-electron chi connectivity index (χ1n) is 9.56. The Kier molecular flexibility index (Phi) is 6.16. The molecule has 0 unspecified atom stereocenters. The summed E-state index contributed by atoms with van der Waals surface area (Å²) >= 11 is 6.24. The van der Waals surface area contributed by atoms with Gasteiger partial charge in [0.15, 0.2) is 0 Å². The molecule has 4 aromatic rings. The van der Waals surface area contributed by atoms with E-state index in [9.17, 15) is 4.79 Å². The van der Waals surface area contributed by atoms with Gasteiger partial charge in [-0.05, 0) is 31.2 Å². The van der Waals surface area contributed by atoms with Crippen molar-refractivity contribution in [3.05, 3.63) is 77.1 Å². The van der Waals surface area contributed by atoms with E-state index in [0.29, 0.717) is 33.4 Å². The van der Waals surface area contributed by atoms with Crippen molar-refractivity contribution in [2.24, 2.45) is 0 Å². The summed E-state index contributed by atoms with van der Waals surface area (Å²) in [7, 11) is 0. The van der Waals surface area contributed by atoms with Gasteiger partial charge in [-0.25, -0.2) is 0 Å². The normalized spacial score (nSPS) is 10.4. The largest absolute Gasteiger partial charge is 0.481 e. The number of ether oxygens (including phenoxy) is 1. The van der Waals surface area contributed by atoms with Crippen molar-refractivity contribution in [1.82, 2.24) is 15.5 Å². The van der Waals surface area contributed by atoms with Crippen LogP contribution >= 0.6 is 11.6 Å². The van der Waals surface area contributed by atoms with E-state index in [4.69, 9.17) is 20.9 Å². The highest BCUT2D eigenvalue weighted by atomic mass is 35.5. The molecule has 0 spiro atoms. The summed E-state index contributed by atoms with van der Waals surface area (Å²) in [4.78, 5) is 17.0. The molecule has 2 aromatic heterocycles. The lowest BCUT2D eigenvalue weighted by molar-refractivity contribution is 0.0957. The fourth-order valence-electron chi connectivity index (χ4n) is 3.06. The van der Waals surface area contributed by atoms with Gasteiger partial charge in [0.05, 0.1) is 17.1 Å². The van der Waals surface area contributed by atoms with Crippen molar-refractivity contribution < 1.29 is 14.1 Å². The topological polar surface area (TPSA) is 77.2 Å². The van der Waals surface area contributed by atoms with E-state index in [2.05, 4.69) is 27.3 Å². The SMILES string of the molecule is Cc1onc(-c2ccccc2Cl)c1C(=O)NCC#CCOc1ccc2cccnc2c1. The predicted octanol–water partition coefficient (Wildman–Crippen LogP) is 4.66. The van der Waals surface area contributed by atoms with E-state index in [1.54, 1.807) is 25.3 Å². The Morgan fingerprint density at radius 3 is 2.90 bits per heavy atom. The first kappa shape index (κ1) is 20.5. The molecule has 0 bridgehead atoms. The van der Waals surface area contributed by atoms with Crippen molar-refractivity contribution in [3.63, 3.8) is 0 Å². The first-order chi connectivity index (χ1) is 15.1. The van der Waals surface area contributed by atoms with Gasteiger partial charge in [-0.2, -0.15) is 0 Å². The van der Waals surface area contributed by atoms with Gasteiger partial charge in [-0.15, -0.1) is 0 Å². The Morgan fingerprint density at radius 2 is 2.03 bits per heavy atom.